The molecule has 1 aliphatic carbocycles. The molecule has 0 atom stereocenters. The SMILES string of the molecule is C=NC1CCC(c2ccc(-c3ccc(-c4cc(F)c(OC(F)(F)F)c(F)c4)c(F)c3)cc2)CC1. The first-order valence-corrected chi connectivity index (χ1v) is 10.8. The van der Waals surface area contributed by atoms with Crippen molar-refractivity contribution in [3.05, 3.63) is 77.6 Å². The van der Waals surface area contributed by atoms with Crippen LogP contribution in [0.5, 0.6) is 5.75 Å². The van der Waals surface area contributed by atoms with Crippen LogP contribution in [-0.4, -0.2) is 19.1 Å². The molecule has 0 unspecified atom stereocenters. The molecule has 1 fully saturated rings. The van der Waals surface area contributed by atoms with Crippen molar-refractivity contribution in [2.45, 2.75) is 44.0 Å². The summed E-state index contributed by atoms with van der Waals surface area (Å²) in [7, 11) is 0. The highest BCUT2D eigenvalue weighted by Gasteiger charge is 2.34. The molecule has 0 heterocycles. The van der Waals surface area contributed by atoms with Crippen LogP contribution < -0.4 is 4.74 Å². The minimum atomic E-state index is -5.26. The molecule has 0 aromatic heterocycles. The summed E-state index contributed by atoms with van der Waals surface area (Å²) in [6, 6.07) is 13.5. The fourth-order valence-electron chi connectivity index (χ4n) is 4.40. The van der Waals surface area contributed by atoms with Gasteiger partial charge in [-0.3, -0.25) is 4.99 Å². The van der Waals surface area contributed by atoms with E-state index in [1.165, 1.54) is 17.7 Å². The monoisotopic (exact) mass is 477 g/mol. The van der Waals surface area contributed by atoms with Crippen molar-refractivity contribution in [3.8, 4) is 28.0 Å². The molecule has 0 bridgehead atoms. The van der Waals surface area contributed by atoms with Gasteiger partial charge in [0.1, 0.15) is 5.82 Å². The number of rotatable bonds is 5. The summed E-state index contributed by atoms with van der Waals surface area (Å²) in [5.41, 5.74) is 2.14. The maximum Gasteiger partial charge on any atom is 0.573 e. The van der Waals surface area contributed by atoms with Crippen LogP contribution in [0.25, 0.3) is 22.3 Å². The van der Waals surface area contributed by atoms with E-state index in [-0.39, 0.29) is 11.1 Å². The van der Waals surface area contributed by atoms with Crippen molar-refractivity contribution in [3.63, 3.8) is 0 Å². The predicted molar refractivity (Wildman–Crippen MR) is 118 cm³/mol. The fraction of sp³-hybridized carbons (Fsp3) is 0.269. The smallest absolute Gasteiger partial charge is 0.399 e. The largest absolute Gasteiger partial charge is 0.573 e. The topological polar surface area (TPSA) is 21.6 Å². The number of benzene rings is 3. The summed E-state index contributed by atoms with van der Waals surface area (Å²) in [6.07, 6.45) is -1.17. The van der Waals surface area contributed by atoms with Crippen LogP contribution >= 0.6 is 0 Å². The van der Waals surface area contributed by atoms with Crippen LogP contribution in [0.4, 0.5) is 26.3 Å². The van der Waals surface area contributed by atoms with Crippen LogP contribution in [0, 0.1) is 17.5 Å². The molecule has 0 saturated heterocycles. The number of hydrogen-bond acceptors (Lipinski definition) is 2. The van der Waals surface area contributed by atoms with Crippen molar-refractivity contribution >= 4 is 6.72 Å². The Morgan fingerprint density at radius 2 is 1.29 bits per heavy atom. The maximum absolute atomic E-state index is 14.8. The average Bonchev–Trinajstić information content (AvgIpc) is 2.81. The first-order chi connectivity index (χ1) is 16.1. The lowest BCUT2D eigenvalue weighted by Crippen LogP contribution is -2.19. The van der Waals surface area contributed by atoms with Gasteiger partial charge in [0.15, 0.2) is 11.6 Å². The number of aliphatic imine (C=N–C) groups is 1. The van der Waals surface area contributed by atoms with Crippen LogP contribution in [0.3, 0.4) is 0 Å². The fourth-order valence-corrected chi connectivity index (χ4v) is 4.40. The third kappa shape index (κ3) is 5.26. The molecule has 34 heavy (non-hydrogen) atoms. The van der Waals surface area contributed by atoms with Crippen molar-refractivity contribution in [2.75, 3.05) is 0 Å². The molecule has 0 spiro atoms. The Morgan fingerprint density at radius 3 is 1.82 bits per heavy atom. The van der Waals surface area contributed by atoms with Gasteiger partial charge >= 0.3 is 6.36 Å². The molecule has 0 amide bonds. The molecule has 0 aliphatic heterocycles. The normalized spacial score (nSPS) is 18.5. The highest BCUT2D eigenvalue weighted by Crippen LogP contribution is 2.37. The lowest BCUT2D eigenvalue weighted by molar-refractivity contribution is -0.276. The lowest BCUT2D eigenvalue weighted by Gasteiger charge is -2.26. The first-order valence-electron chi connectivity index (χ1n) is 10.8. The van der Waals surface area contributed by atoms with Crippen molar-refractivity contribution in [1.82, 2.24) is 0 Å². The zero-order valence-electron chi connectivity index (χ0n) is 18.0. The molecule has 0 radical (unpaired) electrons. The van der Waals surface area contributed by atoms with E-state index >= 15 is 0 Å². The van der Waals surface area contributed by atoms with Crippen LogP contribution in [0.2, 0.25) is 0 Å². The molecule has 1 saturated carbocycles. The molecule has 3 aromatic rings. The molecule has 2 nitrogen and oxygen atoms in total. The Balaban J connectivity index is 1.54. The second kappa shape index (κ2) is 9.52. The highest BCUT2D eigenvalue weighted by atomic mass is 19.4. The lowest BCUT2D eigenvalue weighted by atomic mass is 9.81. The zero-order chi connectivity index (χ0) is 24.5. The number of alkyl halides is 3. The van der Waals surface area contributed by atoms with Crippen LogP contribution in [-0.2, 0) is 0 Å². The van der Waals surface area contributed by atoms with E-state index in [9.17, 15) is 26.3 Å². The summed E-state index contributed by atoms with van der Waals surface area (Å²) in [5, 5.41) is 0. The quantitative estimate of drug-likeness (QED) is 0.269. The summed E-state index contributed by atoms with van der Waals surface area (Å²) < 4.78 is 83.3. The number of ether oxygens (including phenoxy) is 1. The van der Waals surface area contributed by atoms with Crippen molar-refractivity contribution < 1.29 is 31.1 Å². The van der Waals surface area contributed by atoms with Gasteiger partial charge in [-0.2, -0.15) is 0 Å². The first kappa shape index (κ1) is 23.9. The second-order valence-electron chi connectivity index (χ2n) is 8.32. The van der Waals surface area contributed by atoms with E-state index in [2.05, 4.69) is 16.4 Å². The Labute approximate surface area is 192 Å². The van der Waals surface area contributed by atoms with Crippen molar-refractivity contribution in [1.29, 1.82) is 0 Å². The molecule has 0 N–H and O–H groups in total. The average molecular weight is 477 g/mol. The maximum atomic E-state index is 14.8. The molecular weight excluding hydrogens is 456 g/mol. The minimum Gasteiger partial charge on any atom is -0.399 e. The standard InChI is InChI=1S/C26H21F6NO/c1-33-20-9-6-16(7-10-20)15-2-4-17(5-3-15)18-8-11-21(22(27)12-18)19-13-23(28)25(24(29)14-19)34-26(30,31)32/h2-5,8,11-14,16,20H,1,6-7,9-10H2. The van der Waals surface area contributed by atoms with Gasteiger partial charge in [-0.05, 0) is 78.8 Å². The van der Waals surface area contributed by atoms with E-state index in [0.29, 0.717) is 29.7 Å². The van der Waals surface area contributed by atoms with Gasteiger partial charge in [0.05, 0.1) is 0 Å². The molecular formula is C26H21F6NO. The summed E-state index contributed by atoms with van der Waals surface area (Å²) in [6.45, 7) is 3.62. The third-order valence-corrected chi connectivity index (χ3v) is 6.17. The van der Waals surface area contributed by atoms with Crippen LogP contribution in [0.15, 0.2) is 59.6 Å². The predicted octanol–water partition coefficient (Wildman–Crippen LogP) is 8.06. The van der Waals surface area contributed by atoms with E-state index in [4.69, 9.17) is 0 Å². The zero-order valence-corrected chi connectivity index (χ0v) is 18.0. The van der Waals surface area contributed by atoms with E-state index < -0.39 is 29.6 Å². The molecule has 3 aromatic carbocycles. The van der Waals surface area contributed by atoms with Gasteiger partial charge in [0, 0.05) is 11.6 Å². The van der Waals surface area contributed by atoms with E-state index in [0.717, 1.165) is 31.2 Å². The Kier molecular flexibility index (Phi) is 6.68. The molecule has 1 aliphatic rings. The van der Waals surface area contributed by atoms with Gasteiger partial charge in [-0.1, -0.05) is 36.4 Å². The Hall–Kier alpha value is -3.29. The minimum absolute atomic E-state index is 0.149. The highest BCUT2D eigenvalue weighted by molar-refractivity contribution is 5.71. The summed E-state index contributed by atoms with van der Waals surface area (Å²) in [4.78, 5) is 4.12. The van der Waals surface area contributed by atoms with E-state index in [1.54, 1.807) is 6.07 Å². The molecule has 8 heteroatoms. The number of halogens is 6. The van der Waals surface area contributed by atoms with Crippen LogP contribution in [0.1, 0.15) is 37.2 Å². The number of hydrogen-bond donors (Lipinski definition) is 0. The van der Waals surface area contributed by atoms with Gasteiger partial charge in [-0.25, -0.2) is 13.2 Å². The molecule has 4 rings (SSSR count). The Morgan fingerprint density at radius 1 is 0.735 bits per heavy atom. The van der Waals surface area contributed by atoms with E-state index in [1.807, 2.05) is 24.3 Å². The third-order valence-electron chi connectivity index (χ3n) is 6.17. The second-order valence-corrected chi connectivity index (χ2v) is 8.32. The molecule has 178 valence electrons. The summed E-state index contributed by atoms with van der Waals surface area (Å²) in [5.74, 6) is -5.06. The van der Waals surface area contributed by atoms with Crippen molar-refractivity contribution in [2.24, 2.45) is 4.99 Å². The van der Waals surface area contributed by atoms with Gasteiger partial charge in [-0.15, -0.1) is 13.2 Å². The van der Waals surface area contributed by atoms with Gasteiger partial charge in [0.25, 0.3) is 0 Å². The number of nitrogens with zero attached hydrogens (tertiary/aromatic N) is 1. The Bertz CT molecular complexity index is 1160. The van der Waals surface area contributed by atoms with Gasteiger partial charge < -0.3 is 4.74 Å². The summed E-state index contributed by atoms with van der Waals surface area (Å²) >= 11 is 0. The van der Waals surface area contributed by atoms with Gasteiger partial charge in [0.2, 0.25) is 5.75 Å².